The summed E-state index contributed by atoms with van der Waals surface area (Å²) < 4.78 is 5.15. The van der Waals surface area contributed by atoms with Crippen LogP contribution in [0, 0.1) is 0 Å². The minimum absolute atomic E-state index is 0.757. The molecular weight excluding hydrogens is 398 g/mol. The summed E-state index contributed by atoms with van der Waals surface area (Å²) in [4.78, 5) is 7.06. The van der Waals surface area contributed by atoms with Crippen LogP contribution in [0.3, 0.4) is 0 Å². The normalized spacial score (nSPS) is 10.9. The smallest absolute Gasteiger partial charge is 0.203 e. The van der Waals surface area contributed by atoms with E-state index in [-0.39, 0.29) is 0 Å². The molecule has 0 aliphatic rings. The van der Waals surface area contributed by atoms with Gasteiger partial charge in [0.05, 0.1) is 19.0 Å². The molecule has 0 spiro atoms. The number of aromatic nitrogens is 1. The third-order valence-corrected chi connectivity index (χ3v) is 5.89. The molecule has 0 aliphatic heterocycles. The molecular formula is C23H19N3OS2. The molecule has 1 heterocycles. The van der Waals surface area contributed by atoms with E-state index in [4.69, 9.17) is 4.74 Å². The molecule has 1 aromatic heterocycles. The average molecular weight is 418 g/mol. The van der Waals surface area contributed by atoms with Gasteiger partial charge in [-0.2, -0.15) is 5.10 Å². The van der Waals surface area contributed by atoms with Crippen LogP contribution in [0.2, 0.25) is 0 Å². The van der Waals surface area contributed by atoms with Crippen molar-refractivity contribution in [2.24, 2.45) is 5.10 Å². The van der Waals surface area contributed by atoms with Crippen LogP contribution < -0.4 is 10.2 Å². The summed E-state index contributed by atoms with van der Waals surface area (Å²) in [6.07, 6.45) is 1.76. The number of hydrazone groups is 1. The molecule has 0 saturated heterocycles. The van der Waals surface area contributed by atoms with Gasteiger partial charge in [-0.1, -0.05) is 42.1 Å². The average Bonchev–Trinajstić information content (AvgIpc) is 3.24. The number of ether oxygens (including phenoxy) is 1. The molecule has 0 unspecified atom stereocenters. The Labute approximate surface area is 178 Å². The van der Waals surface area contributed by atoms with Crippen molar-refractivity contribution in [2.75, 3.05) is 12.5 Å². The molecule has 0 aliphatic carbocycles. The first kappa shape index (κ1) is 19.2. The van der Waals surface area contributed by atoms with Crippen molar-refractivity contribution in [3.05, 3.63) is 89.8 Å². The zero-order chi connectivity index (χ0) is 19.9. The Bertz CT molecular complexity index is 1080. The van der Waals surface area contributed by atoms with E-state index in [1.54, 1.807) is 25.1 Å². The Morgan fingerprint density at radius 1 is 0.931 bits per heavy atom. The third-order valence-electron chi connectivity index (χ3n) is 4.12. The Morgan fingerprint density at radius 3 is 2.38 bits per heavy atom. The van der Waals surface area contributed by atoms with Crippen LogP contribution in [0.15, 0.2) is 99.1 Å². The van der Waals surface area contributed by atoms with Crippen LogP contribution in [0.4, 0.5) is 5.13 Å². The Hall–Kier alpha value is -3.09. The van der Waals surface area contributed by atoms with Crippen LogP contribution in [0.1, 0.15) is 5.56 Å². The Morgan fingerprint density at radius 2 is 1.66 bits per heavy atom. The van der Waals surface area contributed by atoms with Gasteiger partial charge in [0.1, 0.15) is 5.75 Å². The lowest BCUT2D eigenvalue weighted by molar-refractivity contribution is 0.415. The number of hydrogen-bond donors (Lipinski definition) is 1. The number of benzene rings is 3. The molecule has 29 heavy (non-hydrogen) atoms. The van der Waals surface area contributed by atoms with E-state index in [0.29, 0.717) is 0 Å². The largest absolute Gasteiger partial charge is 0.497 e. The third kappa shape index (κ3) is 5.25. The van der Waals surface area contributed by atoms with Gasteiger partial charge in [-0.25, -0.2) is 4.98 Å². The SMILES string of the molecule is COc1ccc(C=NNc2nc(-c3ccc(Sc4ccccc4)cc3)cs2)cc1. The van der Waals surface area contributed by atoms with Crippen molar-refractivity contribution in [3.63, 3.8) is 0 Å². The lowest BCUT2D eigenvalue weighted by Crippen LogP contribution is -1.90. The summed E-state index contributed by atoms with van der Waals surface area (Å²) in [5, 5.41) is 7.05. The van der Waals surface area contributed by atoms with Gasteiger partial charge in [-0.3, -0.25) is 5.43 Å². The first-order chi connectivity index (χ1) is 14.3. The number of anilines is 1. The van der Waals surface area contributed by atoms with Gasteiger partial charge in [0, 0.05) is 20.7 Å². The number of thiazole rings is 1. The predicted octanol–water partition coefficient (Wildman–Crippen LogP) is 6.42. The van der Waals surface area contributed by atoms with Gasteiger partial charge in [-0.05, 0) is 54.1 Å². The summed E-state index contributed by atoms with van der Waals surface area (Å²) in [5.41, 5.74) is 6.01. The highest BCUT2D eigenvalue weighted by molar-refractivity contribution is 7.99. The maximum absolute atomic E-state index is 5.15. The van der Waals surface area contributed by atoms with Crippen LogP contribution in [0.25, 0.3) is 11.3 Å². The fourth-order valence-electron chi connectivity index (χ4n) is 2.63. The first-order valence-corrected chi connectivity index (χ1v) is 10.7. The summed E-state index contributed by atoms with van der Waals surface area (Å²) >= 11 is 3.28. The summed E-state index contributed by atoms with van der Waals surface area (Å²) in [7, 11) is 1.65. The molecule has 3 aromatic carbocycles. The molecule has 0 saturated carbocycles. The van der Waals surface area contributed by atoms with Crippen LogP contribution in [0.5, 0.6) is 5.75 Å². The summed E-state index contributed by atoms with van der Waals surface area (Å²) in [5.74, 6) is 0.827. The van der Waals surface area contributed by atoms with Gasteiger partial charge >= 0.3 is 0 Å². The highest BCUT2D eigenvalue weighted by Crippen LogP contribution is 2.30. The van der Waals surface area contributed by atoms with Crippen molar-refractivity contribution in [2.45, 2.75) is 9.79 Å². The maximum Gasteiger partial charge on any atom is 0.203 e. The van der Waals surface area contributed by atoms with Crippen LogP contribution in [-0.2, 0) is 0 Å². The van der Waals surface area contributed by atoms with Crippen molar-refractivity contribution < 1.29 is 4.74 Å². The number of hydrogen-bond acceptors (Lipinski definition) is 6. The minimum atomic E-state index is 0.757. The van der Waals surface area contributed by atoms with E-state index in [0.717, 1.165) is 27.7 Å². The van der Waals surface area contributed by atoms with Crippen molar-refractivity contribution in [3.8, 4) is 17.0 Å². The second-order valence-corrected chi connectivity index (χ2v) is 8.13. The molecule has 6 heteroatoms. The highest BCUT2D eigenvalue weighted by atomic mass is 32.2. The van der Waals surface area contributed by atoms with E-state index in [1.165, 1.54) is 21.1 Å². The number of nitrogens with one attached hydrogen (secondary N) is 1. The first-order valence-electron chi connectivity index (χ1n) is 9.02. The van der Waals surface area contributed by atoms with Crippen molar-refractivity contribution in [1.29, 1.82) is 0 Å². The van der Waals surface area contributed by atoms with Crippen molar-refractivity contribution in [1.82, 2.24) is 4.98 Å². The summed E-state index contributed by atoms with van der Waals surface area (Å²) in [6, 6.07) is 26.5. The van der Waals surface area contributed by atoms with E-state index >= 15 is 0 Å². The van der Waals surface area contributed by atoms with E-state index in [1.807, 2.05) is 35.7 Å². The topological polar surface area (TPSA) is 46.5 Å². The molecule has 4 rings (SSSR count). The monoisotopic (exact) mass is 417 g/mol. The van der Waals surface area contributed by atoms with Gasteiger partial charge in [0.25, 0.3) is 0 Å². The van der Waals surface area contributed by atoms with Crippen LogP contribution >= 0.6 is 23.1 Å². The fourth-order valence-corrected chi connectivity index (χ4v) is 4.13. The van der Waals surface area contributed by atoms with Gasteiger partial charge in [0.2, 0.25) is 5.13 Å². The van der Waals surface area contributed by atoms with E-state index in [2.05, 4.69) is 64.0 Å². The minimum Gasteiger partial charge on any atom is -0.497 e. The molecule has 144 valence electrons. The van der Waals surface area contributed by atoms with Gasteiger partial charge in [0.15, 0.2) is 0 Å². The number of methoxy groups -OCH3 is 1. The molecule has 0 fully saturated rings. The maximum atomic E-state index is 5.15. The quantitative estimate of drug-likeness (QED) is 0.278. The molecule has 0 atom stereocenters. The standard InChI is InChI=1S/C23H19N3OS2/c1-27-19-11-7-17(8-12-19)15-24-26-23-25-22(16-28-23)18-9-13-21(14-10-18)29-20-5-3-2-4-6-20/h2-16H,1H3,(H,25,26). The lowest BCUT2D eigenvalue weighted by Gasteiger charge is -2.02. The number of rotatable bonds is 7. The Balaban J connectivity index is 1.37. The zero-order valence-electron chi connectivity index (χ0n) is 15.8. The second kappa shape index (κ2) is 9.41. The Kier molecular flexibility index (Phi) is 6.24. The second-order valence-electron chi connectivity index (χ2n) is 6.12. The molecule has 4 aromatic rings. The fraction of sp³-hybridized carbons (Fsp3) is 0.0435. The van der Waals surface area contributed by atoms with Crippen LogP contribution in [-0.4, -0.2) is 18.3 Å². The highest BCUT2D eigenvalue weighted by Gasteiger charge is 2.05. The van der Waals surface area contributed by atoms with Crippen molar-refractivity contribution >= 4 is 34.4 Å². The lowest BCUT2D eigenvalue weighted by atomic mass is 10.2. The molecule has 0 bridgehead atoms. The van der Waals surface area contributed by atoms with Gasteiger partial charge in [-0.15, -0.1) is 11.3 Å². The zero-order valence-corrected chi connectivity index (χ0v) is 17.4. The molecule has 4 nitrogen and oxygen atoms in total. The number of nitrogens with zero attached hydrogens (tertiary/aromatic N) is 2. The van der Waals surface area contributed by atoms with E-state index < -0.39 is 0 Å². The molecule has 1 N–H and O–H groups in total. The van der Waals surface area contributed by atoms with Gasteiger partial charge < -0.3 is 4.74 Å². The summed E-state index contributed by atoms with van der Waals surface area (Å²) in [6.45, 7) is 0. The predicted molar refractivity (Wildman–Crippen MR) is 122 cm³/mol. The molecule has 0 radical (unpaired) electrons. The molecule has 0 amide bonds. The van der Waals surface area contributed by atoms with E-state index in [9.17, 15) is 0 Å².